The quantitative estimate of drug-likeness (QED) is 0.241. The highest BCUT2D eigenvalue weighted by Gasteiger charge is 2.35. The van der Waals surface area contributed by atoms with E-state index in [0.29, 0.717) is 6.61 Å². The summed E-state index contributed by atoms with van der Waals surface area (Å²) >= 11 is 3.33. The second-order valence-corrected chi connectivity index (χ2v) is 22.8. The minimum Gasteiger partial charge on any atom is -0.465 e. The number of carbonyl (C=O) groups excluding carboxylic acids is 1. The number of hydrogen-bond donors (Lipinski definition) is 0. The molecule has 0 N–H and O–H groups in total. The molecule has 0 bridgehead atoms. The molecule has 0 saturated carbocycles. The van der Waals surface area contributed by atoms with E-state index in [1.807, 2.05) is 13.8 Å². The Morgan fingerprint density at radius 1 is 1.19 bits per heavy atom. The van der Waals surface area contributed by atoms with E-state index in [1.54, 1.807) is 0 Å². The van der Waals surface area contributed by atoms with E-state index < -0.39 is 29.8 Å². The first-order chi connectivity index (χ1) is 9.25. The lowest BCUT2D eigenvalue weighted by atomic mass is 10.2. The highest BCUT2D eigenvalue weighted by atomic mass is 79.9. The van der Waals surface area contributed by atoms with Gasteiger partial charge in [0.05, 0.1) is 6.61 Å². The van der Waals surface area contributed by atoms with Gasteiger partial charge in [0.2, 0.25) is 0 Å². The van der Waals surface area contributed by atoms with Gasteiger partial charge in [0.1, 0.15) is 4.32 Å². The van der Waals surface area contributed by atoms with Gasteiger partial charge in [-0.3, -0.25) is 4.79 Å². The van der Waals surface area contributed by atoms with Gasteiger partial charge in [-0.05, 0) is 58.2 Å². The fourth-order valence-electron chi connectivity index (χ4n) is 2.58. The zero-order valence-electron chi connectivity index (χ0n) is 15.0. The topological polar surface area (TPSA) is 35.5 Å². The lowest BCUT2D eigenvalue weighted by molar-refractivity contribution is -0.145. The molecule has 0 heterocycles. The van der Waals surface area contributed by atoms with Crippen molar-refractivity contribution in [3.8, 4) is 0 Å². The standard InChI is InChI=1S/C14H33BrO3Si3/c1-14(2,15)13(16)17-10-9-11-21(8,12-19(3)4)18-20(5,6)7/h19H,9-12H2,1-8H3. The van der Waals surface area contributed by atoms with Gasteiger partial charge in [0, 0.05) is 8.80 Å². The number of ether oxygens (including phenoxy) is 1. The van der Waals surface area contributed by atoms with Gasteiger partial charge >= 0.3 is 5.97 Å². The van der Waals surface area contributed by atoms with Crippen molar-refractivity contribution < 1.29 is 13.6 Å². The Bertz CT molecular complexity index is 337. The molecule has 0 aliphatic carbocycles. The van der Waals surface area contributed by atoms with Crippen LogP contribution in [-0.4, -0.2) is 42.3 Å². The van der Waals surface area contributed by atoms with Gasteiger partial charge in [-0.2, -0.15) is 0 Å². The SMILES string of the molecule is C[SiH](C)C[Si](C)(CCCOC(=O)C(C)(C)Br)O[Si](C)(C)C. The molecule has 7 heteroatoms. The van der Waals surface area contributed by atoms with Crippen LogP contribution >= 0.6 is 15.9 Å². The van der Waals surface area contributed by atoms with Crippen molar-refractivity contribution in [2.45, 2.75) is 75.6 Å². The Labute approximate surface area is 143 Å². The van der Waals surface area contributed by atoms with E-state index in [0.717, 1.165) is 12.5 Å². The number of rotatable bonds is 9. The number of carbonyl (C=O) groups is 1. The van der Waals surface area contributed by atoms with Gasteiger partial charge in [0.15, 0.2) is 16.6 Å². The minimum atomic E-state index is -1.65. The van der Waals surface area contributed by atoms with Crippen molar-refractivity contribution in [1.29, 1.82) is 0 Å². The zero-order valence-corrected chi connectivity index (χ0v) is 19.7. The fraction of sp³-hybridized carbons (Fsp3) is 0.929. The maximum Gasteiger partial charge on any atom is 0.322 e. The molecule has 1 unspecified atom stereocenters. The van der Waals surface area contributed by atoms with Crippen molar-refractivity contribution in [2.24, 2.45) is 0 Å². The molecule has 0 saturated heterocycles. The van der Waals surface area contributed by atoms with E-state index in [4.69, 9.17) is 8.85 Å². The number of esters is 1. The predicted molar refractivity (Wildman–Crippen MR) is 103 cm³/mol. The fourth-order valence-corrected chi connectivity index (χ4v) is 18.7. The van der Waals surface area contributed by atoms with Crippen molar-refractivity contribution in [2.75, 3.05) is 6.61 Å². The molecule has 1 atom stereocenters. The summed E-state index contributed by atoms with van der Waals surface area (Å²) < 4.78 is 11.3. The summed E-state index contributed by atoms with van der Waals surface area (Å²) in [5, 5.41) is 0. The third-order valence-corrected chi connectivity index (χ3v) is 15.8. The molecule has 0 spiro atoms. The normalized spacial score (nSPS) is 15.9. The summed E-state index contributed by atoms with van der Waals surface area (Å²) in [6, 6.07) is 1.10. The highest BCUT2D eigenvalue weighted by molar-refractivity contribution is 9.10. The van der Waals surface area contributed by atoms with E-state index in [2.05, 4.69) is 55.2 Å². The van der Waals surface area contributed by atoms with Gasteiger partial charge < -0.3 is 8.85 Å². The van der Waals surface area contributed by atoms with E-state index in [1.165, 1.54) is 5.67 Å². The van der Waals surface area contributed by atoms with Gasteiger partial charge in [-0.1, -0.05) is 29.0 Å². The second-order valence-electron chi connectivity index (χ2n) is 7.97. The summed E-state index contributed by atoms with van der Waals surface area (Å²) in [7, 11) is -3.79. The molecule has 3 nitrogen and oxygen atoms in total. The summed E-state index contributed by atoms with van der Waals surface area (Å²) in [6.45, 7) is 18.1. The van der Waals surface area contributed by atoms with Crippen molar-refractivity contribution >= 4 is 47.3 Å². The number of alkyl halides is 1. The number of hydrogen-bond acceptors (Lipinski definition) is 3. The van der Waals surface area contributed by atoms with Crippen LogP contribution in [0, 0.1) is 0 Å². The molecule has 21 heavy (non-hydrogen) atoms. The minimum absolute atomic E-state index is 0.185. The first kappa shape index (κ1) is 21.6. The Morgan fingerprint density at radius 3 is 2.10 bits per heavy atom. The smallest absolute Gasteiger partial charge is 0.322 e. The van der Waals surface area contributed by atoms with Gasteiger partial charge in [0.25, 0.3) is 0 Å². The molecule has 0 aromatic rings. The van der Waals surface area contributed by atoms with E-state index in [-0.39, 0.29) is 5.97 Å². The molecule has 0 aromatic carbocycles. The summed E-state index contributed by atoms with van der Waals surface area (Å²) in [5.74, 6) is -0.185. The van der Waals surface area contributed by atoms with Crippen LogP contribution in [0.15, 0.2) is 0 Å². The second kappa shape index (κ2) is 8.42. The monoisotopic (exact) mass is 412 g/mol. The molecule has 126 valence electrons. The zero-order chi connectivity index (χ0) is 16.9. The largest absolute Gasteiger partial charge is 0.465 e. The molecular formula is C14H33BrO3Si3. The van der Waals surface area contributed by atoms with Crippen LogP contribution in [0.1, 0.15) is 20.3 Å². The highest BCUT2D eigenvalue weighted by Crippen LogP contribution is 2.26. The van der Waals surface area contributed by atoms with Crippen LogP contribution in [0.25, 0.3) is 0 Å². The van der Waals surface area contributed by atoms with E-state index in [9.17, 15) is 4.79 Å². The lowest BCUT2D eigenvalue weighted by Crippen LogP contribution is -2.46. The third-order valence-electron chi connectivity index (χ3n) is 2.96. The molecule has 0 rings (SSSR count). The molecule has 0 radical (unpaired) electrons. The van der Waals surface area contributed by atoms with Crippen molar-refractivity contribution in [1.82, 2.24) is 0 Å². The Hall–Kier alpha value is 0.561. The van der Waals surface area contributed by atoms with E-state index >= 15 is 0 Å². The Morgan fingerprint density at radius 2 is 1.71 bits per heavy atom. The van der Waals surface area contributed by atoms with Crippen molar-refractivity contribution in [3.05, 3.63) is 0 Å². The summed E-state index contributed by atoms with van der Waals surface area (Å²) in [4.78, 5) is 11.7. The first-order valence-corrected chi connectivity index (χ1v) is 18.0. The average Bonchev–Trinajstić information content (AvgIpc) is 2.18. The molecule has 0 aromatic heterocycles. The first-order valence-electron chi connectivity index (χ1n) is 7.81. The molecular weight excluding hydrogens is 380 g/mol. The van der Waals surface area contributed by atoms with Crippen LogP contribution in [0.2, 0.25) is 51.0 Å². The molecule has 0 amide bonds. The average molecular weight is 414 g/mol. The lowest BCUT2D eigenvalue weighted by Gasteiger charge is -2.35. The van der Waals surface area contributed by atoms with Crippen molar-refractivity contribution in [3.63, 3.8) is 0 Å². The van der Waals surface area contributed by atoms with Crippen LogP contribution in [0.5, 0.6) is 0 Å². The Balaban J connectivity index is 4.41. The summed E-state index contributed by atoms with van der Waals surface area (Å²) in [5.41, 5.74) is 1.31. The summed E-state index contributed by atoms with van der Waals surface area (Å²) in [6.07, 6.45) is 0.920. The number of halogens is 1. The van der Waals surface area contributed by atoms with Crippen LogP contribution < -0.4 is 0 Å². The molecule has 0 aliphatic rings. The predicted octanol–water partition coefficient (Wildman–Crippen LogP) is 4.55. The van der Waals surface area contributed by atoms with Gasteiger partial charge in [-0.25, -0.2) is 0 Å². The maximum absolute atomic E-state index is 11.7. The van der Waals surface area contributed by atoms with Gasteiger partial charge in [-0.15, -0.1) is 0 Å². The molecule has 0 fully saturated rings. The third kappa shape index (κ3) is 10.8. The van der Waals surface area contributed by atoms with Crippen LogP contribution in [0.3, 0.4) is 0 Å². The maximum atomic E-state index is 11.7. The van der Waals surface area contributed by atoms with Crippen LogP contribution in [0.4, 0.5) is 0 Å². The Kier molecular flexibility index (Phi) is 8.65. The molecule has 0 aliphatic heterocycles. The van der Waals surface area contributed by atoms with Crippen LogP contribution in [-0.2, 0) is 13.6 Å².